The summed E-state index contributed by atoms with van der Waals surface area (Å²) in [7, 11) is 0. The van der Waals surface area contributed by atoms with Gasteiger partial charge in [0.25, 0.3) is 0 Å². The first kappa shape index (κ1) is 11.4. The van der Waals surface area contributed by atoms with Crippen molar-refractivity contribution in [2.75, 3.05) is 13.2 Å². The van der Waals surface area contributed by atoms with Crippen LogP contribution in [-0.4, -0.2) is 19.2 Å². The van der Waals surface area contributed by atoms with Crippen molar-refractivity contribution in [1.29, 1.82) is 0 Å². The molecule has 71 valence electrons. The molecule has 0 aliphatic heterocycles. The van der Waals surface area contributed by atoms with Crippen LogP contribution in [0.4, 0.5) is 0 Å². The normalized spacial score (nSPS) is 10.3. The molecule has 0 heterocycles. The molecular weight excluding hydrogens is 156 g/mol. The van der Waals surface area contributed by atoms with Gasteiger partial charge in [-0.3, -0.25) is 4.79 Å². The van der Waals surface area contributed by atoms with Crippen LogP contribution in [-0.2, 0) is 14.6 Å². The van der Waals surface area contributed by atoms with Gasteiger partial charge in [-0.25, -0.2) is 5.11 Å². The highest BCUT2D eigenvalue weighted by atomic mass is 16.5. The summed E-state index contributed by atoms with van der Waals surface area (Å²) in [6, 6.07) is 0. The van der Waals surface area contributed by atoms with Gasteiger partial charge >= 0.3 is 5.97 Å². The lowest BCUT2D eigenvalue weighted by atomic mass is 10.1. The average molecular weight is 173 g/mol. The minimum atomic E-state index is -0.157. The standard InChI is InChI=1S/C9H17O3/c1-8(2)7-9(11)12-6-4-3-5-10/h8H,3-7H2,1-2H3. The maximum Gasteiger partial charge on any atom is 0.306 e. The van der Waals surface area contributed by atoms with Crippen molar-refractivity contribution in [3.05, 3.63) is 0 Å². The van der Waals surface area contributed by atoms with Gasteiger partial charge in [-0.15, -0.1) is 0 Å². The zero-order valence-electron chi connectivity index (χ0n) is 7.84. The van der Waals surface area contributed by atoms with Gasteiger partial charge in [0.1, 0.15) is 0 Å². The fourth-order valence-electron chi connectivity index (χ4n) is 0.782. The first-order valence-corrected chi connectivity index (χ1v) is 4.40. The Kier molecular flexibility index (Phi) is 6.76. The Morgan fingerprint density at radius 2 is 2.00 bits per heavy atom. The zero-order valence-corrected chi connectivity index (χ0v) is 7.84. The van der Waals surface area contributed by atoms with E-state index in [1.54, 1.807) is 0 Å². The van der Waals surface area contributed by atoms with Crippen LogP contribution in [0.3, 0.4) is 0 Å². The lowest BCUT2D eigenvalue weighted by Gasteiger charge is -2.05. The summed E-state index contributed by atoms with van der Waals surface area (Å²) in [5.41, 5.74) is 0. The van der Waals surface area contributed by atoms with E-state index in [2.05, 4.69) is 0 Å². The number of rotatable bonds is 6. The molecule has 0 bridgehead atoms. The third kappa shape index (κ3) is 7.54. The molecule has 0 unspecified atom stereocenters. The van der Waals surface area contributed by atoms with Crippen LogP contribution in [0.1, 0.15) is 33.1 Å². The van der Waals surface area contributed by atoms with E-state index in [1.165, 1.54) is 0 Å². The SMILES string of the molecule is CC(C)CC(=O)OCCCC[O]. The lowest BCUT2D eigenvalue weighted by molar-refractivity contribution is -0.144. The first-order valence-electron chi connectivity index (χ1n) is 4.40. The summed E-state index contributed by atoms with van der Waals surface area (Å²) in [6.45, 7) is 4.26. The monoisotopic (exact) mass is 173 g/mol. The average Bonchev–Trinajstić information content (AvgIpc) is 1.97. The van der Waals surface area contributed by atoms with E-state index in [0.717, 1.165) is 0 Å². The van der Waals surface area contributed by atoms with Gasteiger partial charge < -0.3 is 4.74 Å². The van der Waals surface area contributed by atoms with Gasteiger partial charge in [0.05, 0.1) is 13.2 Å². The van der Waals surface area contributed by atoms with Gasteiger partial charge in [-0.1, -0.05) is 13.8 Å². The molecule has 0 amide bonds. The number of hydrogen-bond acceptors (Lipinski definition) is 2. The maximum atomic E-state index is 10.9. The minimum Gasteiger partial charge on any atom is -0.466 e. The van der Waals surface area contributed by atoms with E-state index in [-0.39, 0.29) is 12.6 Å². The largest absolute Gasteiger partial charge is 0.466 e. The second-order valence-corrected chi connectivity index (χ2v) is 3.23. The number of ether oxygens (including phenoxy) is 1. The van der Waals surface area contributed by atoms with E-state index in [0.29, 0.717) is 31.8 Å². The topological polar surface area (TPSA) is 46.2 Å². The Balaban J connectivity index is 3.20. The van der Waals surface area contributed by atoms with Crippen LogP contribution < -0.4 is 0 Å². The summed E-state index contributed by atoms with van der Waals surface area (Å²) in [5.74, 6) is 0.188. The summed E-state index contributed by atoms with van der Waals surface area (Å²) in [4.78, 5) is 10.9. The highest BCUT2D eigenvalue weighted by Gasteiger charge is 2.04. The molecule has 3 heteroatoms. The minimum absolute atomic E-state index is 0.0816. The van der Waals surface area contributed by atoms with E-state index in [9.17, 15) is 9.90 Å². The Hall–Kier alpha value is -0.570. The Morgan fingerprint density at radius 3 is 2.50 bits per heavy atom. The molecular formula is C9H17O3. The van der Waals surface area contributed by atoms with Crippen molar-refractivity contribution in [3.63, 3.8) is 0 Å². The zero-order chi connectivity index (χ0) is 9.40. The highest BCUT2D eigenvalue weighted by molar-refractivity contribution is 5.69. The van der Waals surface area contributed by atoms with Crippen LogP contribution in [0.2, 0.25) is 0 Å². The number of carbonyl (C=O) groups is 1. The van der Waals surface area contributed by atoms with Gasteiger partial charge in [0.2, 0.25) is 0 Å². The van der Waals surface area contributed by atoms with Gasteiger partial charge in [-0.05, 0) is 18.8 Å². The fourth-order valence-corrected chi connectivity index (χ4v) is 0.782. The number of esters is 1. The third-order valence-corrected chi connectivity index (χ3v) is 1.38. The predicted molar refractivity (Wildman–Crippen MR) is 45.2 cm³/mol. The second kappa shape index (κ2) is 7.10. The smallest absolute Gasteiger partial charge is 0.306 e. The molecule has 0 aliphatic carbocycles. The summed E-state index contributed by atoms with van der Waals surface area (Å²) < 4.78 is 4.88. The molecule has 3 nitrogen and oxygen atoms in total. The molecule has 0 spiro atoms. The lowest BCUT2D eigenvalue weighted by Crippen LogP contribution is -2.08. The highest BCUT2D eigenvalue weighted by Crippen LogP contribution is 2.01. The quantitative estimate of drug-likeness (QED) is 0.454. The number of unbranched alkanes of at least 4 members (excludes halogenated alkanes) is 1. The van der Waals surface area contributed by atoms with Crippen LogP contribution in [0.5, 0.6) is 0 Å². The van der Waals surface area contributed by atoms with Crippen LogP contribution >= 0.6 is 0 Å². The third-order valence-electron chi connectivity index (χ3n) is 1.38. The van der Waals surface area contributed by atoms with E-state index >= 15 is 0 Å². The Labute approximate surface area is 73.7 Å². The molecule has 0 aromatic carbocycles. The molecule has 0 saturated heterocycles. The molecule has 0 aromatic heterocycles. The van der Waals surface area contributed by atoms with E-state index in [1.807, 2.05) is 13.8 Å². The molecule has 0 aromatic rings. The van der Waals surface area contributed by atoms with Crippen LogP contribution in [0, 0.1) is 5.92 Å². The molecule has 0 fully saturated rings. The molecule has 12 heavy (non-hydrogen) atoms. The fraction of sp³-hybridized carbons (Fsp3) is 0.889. The Morgan fingerprint density at radius 1 is 1.33 bits per heavy atom. The maximum absolute atomic E-state index is 10.9. The van der Waals surface area contributed by atoms with Crippen LogP contribution in [0.15, 0.2) is 0 Å². The van der Waals surface area contributed by atoms with E-state index < -0.39 is 0 Å². The van der Waals surface area contributed by atoms with Crippen LogP contribution in [0.25, 0.3) is 0 Å². The second-order valence-electron chi connectivity index (χ2n) is 3.23. The van der Waals surface area contributed by atoms with Crippen molar-refractivity contribution in [2.24, 2.45) is 5.92 Å². The Bertz CT molecular complexity index is 121. The van der Waals surface area contributed by atoms with Crippen molar-refractivity contribution in [1.82, 2.24) is 0 Å². The van der Waals surface area contributed by atoms with Gasteiger partial charge in [0, 0.05) is 6.42 Å². The molecule has 0 saturated carbocycles. The summed E-state index contributed by atoms with van der Waals surface area (Å²) in [5, 5.41) is 10.0. The first-order chi connectivity index (χ1) is 5.66. The summed E-state index contributed by atoms with van der Waals surface area (Å²) in [6.07, 6.45) is 1.75. The van der Waals surface area contributed by atoms with Gasteiger partial charge in [-0.2, -0.15) is 0 Å². The molecule has 0 atom stereocenters. The molecule has 1 radical (unpaired) electrons. The van der Waals surface area contributed by atoms with E-state index in [4.69, 9.17) is 4.74 Å². The number of hydrogen-bond donors (Lipinski definition) is 0. The molecule has 0 N–H and O–H groups in total. The number of carbonyl (C=O) groups excluding carboxylic acids is 1. The van der Waals surface area contributed by atoms with Crippen molar-refractivity contribution in [2.45, 2.75) is 33.1 Å². The van der Waals surface area contributed by atoms with Crippen molar-refractivity contribution >= 4 is 5.97 Å². The predicted octanol–water partition coefficient (Wildman–Crippen LogP) is 1.79. The molecule has 0 rings (SSSR count). The molecule has 0 aliphatic rings. The summed E-state index contributed by atoms with van der Waals surface area (Å²) >= 11 is 0. The van der Waals surface area contributed by atoms with Crippen molar-refractivity contribution < 1.29 is 14.6 Å². The van der Waals surface area contributed by atoms with Crippen molar-refractivity contribution in [3.8, 4) is 0 Å². The van der Waals surface area contributed by atoms with Gasteiger partial charge in [0.15, 0.2) is 0 Å².